The number of rotatable bonds is 6. The number of likely N-dealkylation sites (tertiary alicyclic amines) is 1. The molecule has 1 aliphatic heterocycles. The molecule has 32 heavy (non-hydrogen) atoms. The SMILES string of the molecule is COc1ccc(OC)c(C(=O)N2CC[C@H](c3nc(-c4cccnc4OC)cc(=O)[nH]3)C2)c1. The van der Waals surface area contributed by atoms with E-state index >= 15 is 0 Å². The van der Waals surface area contributed by atoms with Gasteiger partial charge in [-0.05, 0) is 36.8 Å². The highest BCUT2D eigenvalue weighted by Crippen LogP contribution is 2.31. The molecule has 0 bridgehead atoms. The Morgan fingerprint density at radius 2 is 1.97 bits per heavy atom. The number of ether oxygens (including phenoxy) is 3. The zero-order valence-corrected chi connectivity index (χ0v) is 18.1. The van der Waals surface area contributed by atoms with Crippen LogP contribution < -0.4 is 19.8 Å². The lowest BCUT2D eigenvalue weighted by Crippen LogP contribution is -2.29. The summed E-state index contributed by atoms with van der Waals surface area (Å²) < 4.78 is 15.9. The molecule has 3 aromatic rings. The van der Waals surface area contributed by atoms with Gasteiger partial charge in [0.05, 0.1) is 38.2 Å². The number of pyridine rings is 1. The fourth-order valence-electron chi connectivity index (χ4n) is 3.88. The summed E-state index contributed by atoms with van der Waals surface area (Å²) in [6, 6.07) is 10.1. The van der Waals surface area contributed by atoms with E-state index in [1.165, 1.54) is 20.3 Å². The number of aromatic amines is 1. The van der Waals surface area contributed by atoms with Gasteiger partial charge in [0, 0.05) is 31.3 Å². The van der Waals surface area contributed by atoms with E-state index in [-0.39, 0.29) is 17.4 Å². The number of carbonyl (C=O) groups excluding carboxylic acids is 1. The number of nitrogens with zero attached hydrogens (tertiary/aromatic N) is 3. The smallest absolute Gasteiger partial charge is 0.257 e. The van der Waals surface area contributed by atoms with Crippen LogP contribution in [-0.2, 0) is 0 Å². The number of nitrogens with one attached hydrogen (secondary N) is 1. The van der Waals surface area contributed by atoms with Gasteiger partial charge in [-0.2, -0.15) is 0 Å². The monoisotopic (exact) mass is 436 g/mol. The summed E-state index contributed by atoms with van der Waals surface area (Å²) in [5, 5.41) is 0. The predicted octanol–water partition coefficient (Wildman–Crippen LogP) is 2.49. The largest absolute Gasteiger partial charge is 0.497 e. The predicted molar refractivity (Wildman–Crippen MR) is 117 cm³/mol. The molecular formula is C23H24N4O5. The second kappa shape index (κ2) is 9.09. The maximum atomic E-state index is 13.2. The van der Waals surface area contributed by atoms with Crippen LogP contribution in [0.5, 0.6) is 17.4 Å². The van der Waals surface area contributed by atoms with Crippen LogP contribution in [0.2, 0.25) is 0 Å². The van der Waals surface area contributed by atoms with Crippen LogP contribution in [0.15, 0.2) is 47.4 Å². The Balaban J connectivity index is 1.60. The van der Waals surface area contributed by atoms with Crippen LogP contribution in [0.25, 0.3) is 11.3 Å². The van der Waals surface area contributed by atoms with Crippen molar-refractivity contribution in [2.24, 2.45) is 0 Å². The zero-order chi connectivity index (χ0) is 22.7. The van der Waals surface area contributed by atoms with Gasteiger partial charge >= 0.3 is 0 Å². The van der Waals surface area contributed by atoms with E-state index in [0.29, 0.717) is 59.5 Å². The molecule has 1 amide bonds. The molecule has 1 saturated heterocycles. The van der Waals surface area contributed by atoms with Crippen LogP contribution in [0.1, 0.15) is 28.5 Å². The summed E-state index contributed by atoms with van der Waals surface area (Å²) in [5.41, 5.74) is 1.28. The Bertz CT molecular complexity index is 1190. The first-order chi connectivity index (χ1) is 15.5. The van der Waals surface area contributed by atoms with Gasteiger partial charge in [0.25, 0.3) is 11.5 Å². The van der Waals surface area contributed by atoms with Crippen molar-refractivity contribution in [1.29, 1.82) is 0 Å². The Labute approximate surface area is 185 Å². The summed E-state index contributed by atoms with van der Waals surface area (Å²) in [7, 11) is 4.60. The summed E-state index contributed by atoms with van der Waals surface area (Å²) in [6.07, 6.45) is 2.29. The number of hydrogen-bond donors (Lipinski definition) is 1. The van der Waals surface area contributed by atoms with Gasteiger partial charge in [0.15, 0.2) is 0 Å². The Morgan fingerprint density at radius 1 is 1.12 bits per heavy atom. The molecule has 9 heteroatoms. The molecule has 3 heterocycles. The summed E-state index contributed by atoms with van der Waals surface area (Å²) in [6.45, 7) is 0.962. The molecule has 1 aromatic carbocycles. The average molecular weight is 436 g/mol. The van der Waals surface area contributed by atoms with Crippen LogP contribution >= 0.6 is 0 Å². The van der Waals surface area contributed by atoms with Crippen LogP contribution in [0.3, 0.4) is 0 Å². The lowest BCUT2D eigenvalue weighted by molar-refractivity contribution is 0.0786. The van der Waals surface area contributed by atoms with E-state index in [1.807, 2.05) is 0 Å². The van der Waals surface area contributed by atoms with Crippen molar-refractivity contribution < 1.29 is 19.0 Å². The molecule has 1 atom stereocenters. The van der Waals surface area contributed by atoms with Gasteiger partial charge in [-0.1, -0.05) is 0 Å². The zero-order valence-electron chi connectivity index (χ0n) is 18.1. The van der Waals surface area contributed by atoms with Gasteiger partial charge in [-0.3, -0.25) is 9.59 Å². The number of benzene rings is 1. The summed E-state index contributed by atoms with van der Waals surface area (Å²) in [4.78, 5) is 39.0. The summed E-state index contributed by atoms with van der Waals surface area (Å²) in [5.74, 6) is 1.73. The van der Waals surface area contributed by atoms with Crippen LogP contribution in [0, 0.1) is 0 Å². The molecule has 1 N–H and O–H groups in total. The molecule has 4 rings (SSSR count). The fourth-order valence-corrected chi connectivity index (χ4v) is 3.88. The molecule has 2 aromatic heterocycles. The minimum Gasteiger partial charge on any atom is -0.497 e. The quantitative estimate of drug-likeness (QED) is 0.633. The molecular weight excluding hydrogens is 412 g/mol. The maximum Gasteiger partial charge on any atom is 0.257 e. The molecule has 0 unspecified atom stereocenters. The molecule has 1 aliphatic rings. The van der Waals surface area contributed by atoms with Crippen molar-refractivity contribution in [3.8, 4) is 28.6 Å². The first-order valence-electron chi connectivity index (χ1n) is 10.2. The van der Waals surface area contributed by atoms with E-state index in [1.54, 1.807) is 48.5 Å². The van der Waals surface area contributed by atoms with Crippen LogP contribution in [0.4, 0.5) is 0 Å². The second-order valence-electron chi connectivity index (χ2n) is 7.38. The number of methoxy groups -OCH3 is 3. The highest BCUT2D eigenvalue weighted by Gasteiger charge is 2.31. The number of H-pyrrole nitrogens is 1. The van der Waals surface area contributed by atoms with Crippen molar-refractivity contribution >= 4 is 5.91 Å². The van der Waals surface area contributed by atoms with Crippen LogP contribution in [-0.4, -0.2) is 60.2 Å². The third-order valence-corrected chi connectivity index (χ3v) is 5.50. The molecule has 166 valence electrons. The van der Waals surface area contributed by atoms with E-state index < -0.39 is 0 Å². The summed E-state index contributed by atoms with van der Waals surface area (Å²) >= 11 is 0. The van der Waals surface area contributed by atoms with E-state index in [2.05, 4.69) is 15.0 Å². The number of carbonyl (C=O) groups is 1. The molecule has 1 fully saturated rings. The highest BCUT2D eigenvalue weighted by atomic mass is 16.5. The maximum absolute atomic E-state index is 13.2. The van der Waals surface area contributed by atoms with Gasteiger partial charge in [0.2, 0.25) is 5.88 Å². The number of aromatic nitrogens is 3. The van der Waals surface area contributed by atoms with Crippen molar-refractivity contribution in [2.45, 2.75) is 12.3 Å². The van der Waals surface area contributed by atoms with Gasteiger partial charge in [-0.15, -0.1) is 0 Å². The topological polar surface area (TPSA) is 107 Å². The van der Waals surface area contributed by atoms with Gasteiger partial charge in [0.1, 0.15) is 17.3 Å². The lowest BCUT2D eigenvalue weighted by Gasteiger charge is -2.19. The van der Waals surface area contributed by atoms with Gasteiger partial charge < -0.3 is 24.1 Å². The van der Waals surface area contributed by atoms with E-state index in [9.17, 15) is 9.59 Å². The molecule has 0 radical (unpaired) electrons. The molecule has 9 nitrogen and oxygen atoms in total. The van der Waals surface area contributed by atoms with E-state index in [4.69, 9.17) is 14.2 Å². The van der Waals surface area contributed by atoms with Gasteiger partial charge in [-0.25, -0.2) is 9.97 Å². The fraction of sp³-hybridized carbons (Fsp3) is 0.304. The van der Waals surface area contributed by atoms with Crippen molar-refractivity contribution in [3.05, 3.63) is 64.3 Å². The van der Waals surface area contributed by atoms with Crippen molar-refractivity contribution in [3.63, 3.8) is 0 Å². The third-order valence-electron chi connectivity index (χ3n) is 5.50. The first-order valence-corrected chi connectivity index (χ1v) is 10.2. The number of amides is 1. The first kappa shape index (κ1) is 21.4. The Kier molecular flexibility index (Phi) is 6.07. The minimum absolute atomic E-state index is 0.106. The average Bonchev–Trinajstić information content (AvgIpc) is 3.33. The number of hydrogen-bond acceptors (Lipinski definition) is 7. The Hall–Kier alpha value is -3.88. The van der Waals surface area contributed by atoms with Crippen molar-refractivity contribution in [2.75, 3.05) is 34.4 Å². The Morgan fingerprint density at radius 3 is 2.72 bits per heavy atom. The third kappa shape index (κ3) is 4.14. The lowest BCUT2D eigenvalue weighted by atomic mass is 10.1. The molecule has 0 saturated carbocycles. The standard InChI is InChI=1S/C23H24N4O5/c1-30-15-6-7-19(31-2)17(11-15)23(29)27-10-8-14(13-27)21-25-18(12-20(28)26-21)16-5-4-9-24-22(16)32-3/h4-7,9,11-12,14H,8,10,13H2,1-3H3,(H,25,26,28)/t14-/m0/s1. The molecule has 0 spiro atoms. The van der Waals surface area contributed by atoms with Crippen molar-refractivity contribution in [1.82, 2.24) is 19.9 Å². The highest BCUT2D eigenvalue weighted by molar-refractivity contribution is 5.97. The minimum atomic E-state index is -0.268. The van der Waals surface area contributed by atoms with E-state index in [0.717, 1.165) is 0 Å². The second-order valence-corrected chi connectivity index (χ2v) is 7.38. The normalized spacial score (nSPS) is 15.5. The molecule has 0 aliphatic carbocycles.